The number of hydrogen-bond donors (Lipinski definition) is 0. The molecule has 0 aliphatic heterocycles. The number of hydrogen-bond acceptors (Lipinski definition) is 4. The molecule has 0 unspecified atom stereocenters. The lowest BCUT2D eigenvalue weighted by Gasteiger charge is -2.07. The van der Waals surface area contributed by atoms with Gasteiger partial charge in [0.05, 0.1) is 0 Å². The topological polar surface area (TPSA) is 63.0 Å². The lowest BCUT2D eigenvalue weighted by atomic mass is 10.2. The predicted octanol–water partition coefficient (Wildman–Crippen LogP) is 2.84. The summed E-state index contributed by atoms with van der Waals surface area (Å²) in [6.45, 7) is 0. The summed E-state index contributed by atoms with van der Waals surface area (Å²) in [4.78, 5) is 14.2. The van der Waals surface area contributed by atoms with Crippen LogP contribution in [0.5, 0.6) is 11.6 Å². The summed E-state index contributed by atoms with van der Waals surface area (Å²) < 4.78 is 32.1. The highest BCUT2D eigenvalue weighted by atomic mass is 19.1. The number of rotatable bonds is 3. The average molecular weight is 260 g/mol. The molecule has 19 heavy (non-hydrogen) atoms. The van der Waals surface area contributed by atoms with E-state index in [0.29, 0.717) is 6.29 Å². The summed E-state index contributed by atoms with van der Waals surface area (Å²) in [5.41, 5.74) is -0.0797. The predicted molar refractivity (Wildman–Crippen MR) is 60.8 cm³/mol. The van der Waals surface area contributed by atoms with Crippen LogP contribution in [0.25, 0.3) is 0 Å². The SMILES string of the molecule is N#Cc1cccc(Oc2c(F)cc(C=O)cc2F)n1. The molecule has 2 aromatic rings. The molecule has 94 valence electrons. The molecule has 1 aromatic heterocycles. The molecular formula is C13H6F2N2O2. The van der Waals surface area contributed by atoms with Crippen LogP contribution in [0, 0.1) is 23.0 Å². The summed E-state index contributed by atoms with van der Waals surface area (Å²) >= 11 is 0. The van der Waals surface area contributed by atoms with Gasteiger partial charge in [-0.15, -0.1) is 0 Å². The van der Waals surface area contributed by atoms with E-state index in [1.807, 2.05) is 0 Å². The summed E-state index contributed by atoms with van der Waals surface area (Å²) in [5, 5.41) is 8.65. The number of pyridine rings is 1. The third kappa shape index (κ3) is 2.72. The summed E-state index contributed by atoms with van der Waals surface area (Å²) in [6, 6.07) is 7.72. The second kappa shape index (κ2) is 5.23. The van der Waals surface area contributed by atoms with Gasteiger partial charge in [-0.2, -0.15) is 5.26 Å². The van der Waals surface area contributed by atoms with Gasteiger partial charge in [0.15, 0.2) is 11.6 Å². The van der Waals surface area contributed by atoms with Crippen LogP contribution >= 0.6 is 0 Å². The first-order valence-corrected chi connectivity index (χ1v) is 5.13. The van der Waals surface area contributed by atoms with Crippen LogP contribution in [-0.2, 0) is 0 Å². The molecule has 0 saturated carbocycles. The Morgan fingerprint density at radius 3 is 2.53 bits per heavy atom. The molecule has 0 atom stereocenters. The zero-order chi connectivity index (χ0) is 13.8. The average Bonchev–Trinajstić information content (AvgIpc) is 2.42. The van der Waals surface area contributed by atoms with Crippen molar-refractivity contribution in [2.45, 2.75) is 0 Å². The van der Waals surface area contributed by atoms with Gasteiger partial charge in [-0.1, -0.05) is 6.07 Å². The van der Waals surface area contributed by atoms with Crippen molar-refractivity contribution in [1.82, 2.24) is 4.98 Å². The fraction of sp³-hybridized carbons (Fsp3) is 0. The molecule has 0 amide bonds. The van der Waals surface area contributed by atoms with Crippen LogP contribution in [0.3, 0.4) is 0 Å². The Bertz CT molecular complexity index is 658. The van der Waals surface area contributed by atoms with Crippen molar-refractivity contribution in [2.24, 2.45) is 0 Å². The standard InChI is InChI=1S/C13H6F2N2O2/c14-10-4-8(7-18)5-11(15)13(10)19-12-3-1-2-9(6-16)17-12/h1-5,7H. The Morgan fingerprint density at radius 2 is 1.95 bits per heavy atom. The number of carbonyl (C=O) groups is 1. The van der Waals surface area contributed by atoms with E-state index in [0.717, 1.165) is 12.1 Å². The highest BCUT2D eigenvalue weighted by Gasteiger charge is 2.14. The fourth-order valence-electron chi connectivity index (χ4n) is 1.38. The Labute approximate surface area is 106 Å². The minimum atomic E-state index is -1.02. The molecule has 0 bridgehead atoms. The van der Waals surface area contributed by atoms with Gasteiger partial charge in [-0.25, -0.2) is 13.8 Å². The lowest BCUT2D eigenvalue weighted by Crippen LogP contribution is -1.97. The minimum absolute atomic E-state index is 0.0582. The number of aldehydes is 1. The molecule has 0 saturated heterocycles. The fourth-order valence-corrected chi connectivity index (χ4v) is 1.38. The first-order valence-electron chi connectivity index (χ1n) is 5.13. The maximum absolute atomic E-state index is 13.5. The Morgan fingerprint density at radius 1 is 1.26 bits per heavy atom. The zero-order valence-electron chi connectivity index (χ0n) is 9.43. The lowest BCUT2D eigenvalue weighted by molar-refractivity contribution is 0.112. The maximum atomic E-state index is 13.5. The third-order valence-electron chi connectivity index (χ3n) is 2.20. The zero-order valence-corrected chi connectivity index (χ0v) is 9.43. The van der Waals surface area contributed by atoms with Crippen LogP contribution in [0.4, 0.5) is 8.78 Å². The Kier molecular flexibility index (Phi) is 3.48. The van der Waals surface area contributed by atoms with Crippen molar-refractivity contribution in [3.8, 4) is 17.7 Å². The Hall–Kier alpha value is -2.81. The van der Waals surface area contributed by atoms with E-state index in [1.54, 1.807) is 6.07 Å². The van der Waals surface area contributed by atoms with Gasteiger partial charge in [0.1, 0.15) is 18.0 Å². The molecule has 0 radical (unpaired) electrons. The first kappa shape index (κ1) is 12.6. The molecule has 0 aliphatic carbocycles. The summed E-state index contributed by atoms with van der Waals surface area (Å²) in [5.74, 6) is -2.83. The van der Waals surface area contributed by atoms with Gasteiger partial charge in [-0.3, -0.25) is 4.79 Å². The van der Waals surface area contributed by atoms with E-state index in [4.69, 9.17) is 10.00 Å². The van der Waals surface area contributed by atoms with Crippen LogP contribution in [-0.4, -0.2) is 11.3 Å². The van der Waals surface area contributed by atoms with E-state index in [9.17, 15) is 13.6 Å². The van der Waals surface area contributed by atoms with E-state index < -0.39 is 17.4 Å². The van der Waals surface area contributed by atoms with Gasteiger partial charge in [0, 0.05) is 11.6 Å². The quantitative estimate of drug-likeness (QED) is 0.796. The molecular weight excluding hydrogens is 254 g/mol. The van der Waals surface area contributed by atoms with Crippen molar-refractivity contribution in [3.05, 3.63) is 53.2 Å². The molecule has 4 nitrogen and oxygen atoms in total. The summed E-state index contributed by atoms with van der Waals surface area (Å²) in [7, 11) is 0. The molecule has 1 heterocycles. The van der Waals surface area contributed by atoms with Gasteiger partial charge >= 0.3 is 0 Å². The van der Waals surface area contributed by atoms with E-state index >= 15 is 0 Å². The van der Waals surface area contributed by atoms with E-state index in [1.165, 1.54) is 18.2 Å². The third-order valence-corrected chi connectivity index (χ3v) is 2.20. The largest absolute Gasteiger partial charge is 0.433 e. The highest BCUT2D eigenvalue weighted by Crippen LogP contribution is 2.27. The van der Waals surface area contributed by atoms with Crippen LogP contribution in [0.15, 0.2) is 30.3 Å². The first-order chi connectivity index (χ1) is 9.13. The van der Waals surface area contributed by atoms with Crippen molar-refractivity contribution in [3.63, 3.8) is 0 Å². The monoisotopic (exact) mass is 260 g/mol. The Balaban J connectivity index is 2.38. The van der Waals surface area contributed by atoms with Crippen LogP contribution < -0.4 is 4.74 Å². The van der Waals surface area contributed by atoms with Gasteiger partial charge in [0.2, 0.25) is 11.6 Å². The summed E-state index contributed by atoms with van der Waals surface area (Å²) in [6.07, 6.45) is 0.324. The smallest absolute Gasteiger partial charge is 0.220 e. The van der Waals surface area contributed by atoms with Gasteiger partial charge in [0.25, 0.3) is 0 Å². The van der Waals surface area contributed by atoms with Crippen molar-refractivity contribution in [2.75, 3.05) is 0 Å². The second-order valence-electron chi connectivity index (χ2n) is 3.51. The number of halogens is 2. The number of aromatic nitrogens is 1. The second-order valence-corrected chi connectivity index (χ2v) is 3.51. The number of ether oxygens (including phenoxy) is 1. The normalized spacial score (nSPS) is 9.74. The molecule has 6 heteroatoms. The molecule has 0 fully saturated rings. The molecule has 2 rings (SSSR count). The maximum Gasteiger partial charge on any atom is 0.220 e. The van der Waals surface area contributed by atoms with Crippen LogP contribution in [0.2, 0.25) is 0 Å². The number of nitrogens with zero attached hydrogens (tertiary/aromatic N) is 2. The van der Waals surface area contributed by atoms with Gasteiger partial charge in [-0.05, 0) is 18.2 Å². The highest BCUT2D eigenvalue weighted by molar-refractivity contribution is 5.75. The van der Waals surface area contributed by atoms with E-state index in [2.05, 4.69) is 4.98 Å². The number of nitriles is 1. The van der Waals surface area contributed by atoms with Crippen molar-refractivity contribution < 1.29 is 18.3 Å². The number of benzene rings is 1. The number of carbonyl (C=O) groups excluding carboxylic acids is 1. The molecule has 0 spiro atoms. The molecule has 0 aliphatic rings. The minimum Gasteiger partial charge on any atom is -0.433 e. The van der Waals surface area contributed by atoms with E-state index in [-0.39, 0.29) is 17.1 Å². The molecule has 0 N–H and O–H groups in total. The van der Waals surface area contributed by atoms with Crippen LogP contribution in [0.1, 0.15) is 16.1 Å². The molecule has 1 aromatic carbocycles. The van der Waals surface area contributed by atoms with Crippen molar-refractivity contribution >= 4 is 6.29 Å². The van der Waals surface area contributed by atoms with Crippen molar-refractivity contribution in [1.29, 1.82) is 5.26 Å². The van der Waals surface area contributed by atoms with Gasteiger partial charge < -0.3 is 4.74 Å².